The summed E-state index contributed by atoms with van der Waals surface area (Å²) in [6.07, 6.45) is 1.29. The smallest absolute Gasteiger partial charge is 0.338 e. The molecule has 2 aromatic rings. The van der Waals surface area contributed by atoms with Gasteiger partial charge in [0.1, 0.15) is 11.9 Å². The summed E-state index contributed by atoms with van der Waals surface area (Å²) in [5.74, 6) is 0.469. The van der Waals surface area contributed by atoms with E-state index in [0.29, 0.717) is 5.56 Å². The summed E-state index contributed by atoms with van der Waals surface area (Å²) < 4.78 is 11.1. The van der Waals surface area contributed by atoms with Crippen molar-refractivity contribution in [1.29, 1.82) is 0 Å². The van der Waals surface area contributed by atoms with Crippen molar-refractivity contribution in [3.63, 3.8) is 0 Å². The summed E-state index contributed by atoms with van der Waals surface area (Å²) in [4.78, 5) is 12.3. The molecule has 0 aliphatic heterocycles. The number of esters is 1. The van der Waals surface area contributed by atoms with Gasteiger partial charge in [-0.05, 0) is 25.1 Å². The molecule has 0 radical (unpaired) electrons. The van der Waals surface area contributed by atoms with Gasteiger partial charge in [-0.3, -0.25) is 0 Å². The Balaban J connectivity index is 2.26. The van der Waals surface area contributed by atoms with E-state index in [2.05, 4.69) is 0 Å². The first-order valence-electron chi connectivity index (χ1n) is 6.69. The number of ether oxygens (including phenoxy) is 1. The number of rotatable bonds is 3. The Bertz CT molecular complexity index is 576. The molecule has 0 bridgehead atoms. The van der Waals surface area contributed by atoms with Gasteiger partial charge in [0.25, 0.3) is 0 Å². The van der Waals surface area contributed by atoms with E-state index in [1.165, 1.54) is 0 Å². The second kappa shape index (κ2) is 5.53. The highest BCUT2D eigenvalue weighted by Crippen LogP contribution is 2.38. The summed E-state index contributed by atoms with van der Waals surface area (Å²) in [6.45, 7) is 8.01. The Hall–Kier alpha value is -2.03. The van der Waals surface area contributed by atoms with Crippen molar-refractivity contribution in [2.24, 2.45) is 5.41 Å². The molecule has 1 atom stereocenters. The fourth-order valence-electron chi connectivity index (χ4n) is 2.12. The van der Waals surface area contributed by atoms with Gasteiger partial charge < -0.3 is 9.15 Å². The maximum absolute atomic E-state index is 12.3. The number of benzene rings is 1. The zero-order valence-corrected chi connectivity index (χ0v) is 12.3. The Kier molecular flexibility index (Phi) is 3.98. The maximum atomic E-state index is 12.3. The lowest BCUT2D eigenvalue weighted by atomic mass is 9.84. The second-order valence-corrected chi connectivity index (χ2v) is 5.95. The lowest BCUT2D eigenvalue weighted by Gasteiger charge is -2.30. The number of carbonyl (C=O) groups excluding carboxylic acids is 1. The monoisotopic (exact) mass is 272 g/mol. The van der Waals surface area contributed by atoms with Crippen LogP contribution in [0.3, 0.4) is 0 Å². The molecule has 3 nitrogen and oxygen atoms in total. The minimum Gasteiger partial charge on any atom is -0.469 e. The zero-order chi connectivity index (χ0) is 14.8. The first kappa shape index (κ1) is 14.4. The molecule has 1 heterocycles. The molecule has 20 heavy (non-hydrogen) atoms. The highest BCUT2D eigenvalue weighted by atomic mass is 16.5. The number of hydrogen-bond donors (Lipinski definition) is 0. The van der Waals surface area contributed by atoms with Gasteiger partial charge in [-0.2, -0.15) is 0 Å². The molecule has 0 aliphatic carbocycles. The molecular weight excluding hydrogens is 252 g/mol. The lowest BCUT2D eigenvalue weighted by molar-refractivity contribution is -0.00443. The third-order valence-corrected chi connectivity index (χ3v) is 3.20. The van der Waals surface area contributed by atoms with E-state index in [0.717, 1.165) is 11.3 Å². The van der Waals surface area contributed by atoms with Crippen LogP contribution in [0.4, 0.5) is 0 Å². The molecule has 1 aromatic carbocycles. The SMILES string of the molecule is Cc1occc1C(OC(=O)c1ccccc1)C(C)(C)C. The van der Waals surface area contributed by atoms with E-state index in [4.69, 9.17) is 9.15 Å². The number of hydrogen-bond acceptors (Lipinski definition) is 3. The number of carbonyl (C=O) groups is 1. The third kappa shape index (κ3) is 3.10. The van der Waals surface area contributed by atoms with Crippen molar-refractivity contribution in [3.8, 4) is 0 Å². The van der Waals surface area contributed by atoms with Crippen molar-refractivity contribution in [3.05, 3.63) is 59.5 Å². The number of aryl methyl sites for hydroxylation is 1. The fourth-order valence-corrected chi connectivity index (χ4v) is 2.12. The van der Waals surface area contributed by atoms with Crippen LogP contribution in [0.5, 0.6) is 0 Å². The van der Waals surface area contributed by atoms with Crippen LogP contribution in [0.2, 0.25) is 0 Å². The Labute approximate surface area is 119 Å². The lowest BCUT2D eigenvalue weighted by Crippen LogP contribution is -2.24. The van der Waals surface area contributed by atoms with E-state index in [-0.39, 0.29) is 17.5 Å². The average molecular weight is 272 g/mol. The fraction of sp³-hybridized carbons (Fsp3) is 0.353. The topological polar surface area (TPSA) is 39.4 Å². The molecule has 0 N–H and O–H groups in total. The summed E-state index contributed by atoms with van der Waals surface area (Å²) >= 11 is 0. The predicted octanol–water partition coefficient (Wildman–Crippen LogP) is 4.53. The van der Waals surface area contributed by atoms with Crippen LogP contribution in [0.15, 0.2) is 47.1 Å². The van der Waals surface area contributed by atoms with Crippen LogP contribution in [0, 0.1) is 12.3 Å². The van der Waals surface area contributed by atoms with E-state index < -0.39 is 0 Å². The van der Waals surface area contributed by atoms with Crippen molar-refractivity contribution < 1.29 is 13.9 Å². The third-order valence-electron chi connectivity index (χ3n) is 3.20. The van der Waals surface area contributed by atoms with E-state index in [1.54, 1.807) is 18.4 Å². The quantitative estimate of drug-likeness (QED) is 0.770. The number of furan rings is 1. The van der Waals surface area contributed by atoms with E-state index in [1.807, 2.05) is 52.0 Å². The Morgan fingerprint density at radius 2 is 1.80 bits per heavy atom. The van der Waals surface area contributed by atoms with Gasteiger partial charge in [0.15, 0.2) is 0 Å². The van der Waals surface area contributed by atoms with Crippen LogP contribution in [-0.2, 0) is 4.74 Å². The predicted molar refractivity (Wildman–Crippen MR) is 77.5 cm³/mol. The minimum absolute atomic E-state index is 0.209. The van der Waals surface area contributed by atoms with Crippen LogP contribution in [0.1, 0.15) is 48.6 Å². The molecule has 1 unspecified atom stereocenters. The summed E-state index contributed by atoms with van der Waals surface area (Å²) in [5, 5.41) is 0. The molecule has 1 aromatic heterocycles. The van der Waals surface area contributed by atoms with Crippen LogP contribution in [0.25, 0.3) is 0 Å². The van der Waals surface area contributed by atoms with Gasteiger partial charge in [-0.25, -0.2) is 4.79 Å². The van der Waals surface area contributed by atoms with Gasteiger partial charge in [0.2, 0.25) is 0 Å². The van der Waals surface area contributed by atoms with Gasteiger partial charge >= 0.3 is 5.97 Å². The second-order valence-electron chi connectivity index (χ2n) is 5.95. The molecule has 0 amide bonds. The van der Waals surface area contributed by atoms with Crippen LogP contribution in [-0.4, -0.2) is 5.97 Å². The molecule has 0 saturated heterocycles. The summed E-state index contributed by atoms with van der Waals surface area (Å²) in [7, 11) is 0. The maximum Gasteiger partial charge on any atom is 0.338 e. The van der Waals surface area contributed by atoms with Crippen molar-refractivity contribution >= 4 is 5.97 Å². The molecule has 2 rings (SSSR count). The van der Waals surface area contributed by atoms with Crippen LogP contribution >= 0.6 is 0 Å². The average Bonchev–Trinajstić information content (AvgIpc) is 2.81. The van der Waals surface area contributed by atoms with Gasteiger partial charge in [-0.1, -0.05) is 39.0 Å². The molecule has 0 aliphatic rings. The first-order chi connectivity index (χ1) is 9.39. The molecule has 106 valence electrons. The van der Waals surface area contributed by atoms with E-state index >= 15 is 0 Å². The molecule has 3 heteroatoms. The molecular formula is C17H20O3. The van der Waals surface area contributed by atoms with Crippen molar-refractivity contribution in [2.45, 2.75) is 33.8 Å². The Morgan fingerprint density at radius 3 is 2.30 bits per heavy atom. The zero-order valence-electron chi connectivity index (χ0n) is 12.3. The standard InChI is InChI=1S/C17H20O3/c1-12-14(10-11-19-12)15(17(2,3)4)20-16(18)13-8-6-5-7-9-13/h5-11,15H,1-4H3. The largest absolute Gasteiger partial charge is 0.469 e. The van der Waals surface area contributed by atoms with E-state index in [9.17, 15) is 4.79 Å². The summed E-state index contributed by atoms with van der Waals surface area (Å²) in [6, 6.07) is 10.9. The summed E-state index contributed by atoms with van der Waals surface area (Å²) in [5.41, 5.74) is 1.27. The van der Waals surface area contributed by atoms with Gasteiger partial charge in [0.05, 0.1) is 11.8 Å². The highest BCUT2D eigenvalue weighted by Gasteiger charge is 2.32. The Morgan fingerprint density at radius 1 is 1.15 bits per heavy atom. The van der Waals surface area contributed by atoms with Crippen molar-refractivity contribution in [1.82, 2.24) is 0 Å². The molecule has 0 spiro atoms. The molecule has 0 fully saturated rings. The minimum atomic E-state index is -0.339. The first-order valence-corrected chi connectivity index (χ1v) is 6.69. The highest BCUT2D eigenvalue weighted by molar-refractivity contribution is 5.89. The van der Waals surface area contributed by atoms with Crippen molar-refractivity contribution in [2.75, 3.05) is 0 Å². The normalized spacial score (nSPS) is 13.0. The molecule has 0 saturated carbocycles. The van der Waals surface area contributed by atoms with Gasteiger partial charge in [0, 0.05) is 11.0 Å². The van der Waals surface area contributed by atoms with Gasteiger partial charge in [-0.15, -0.1) is 0 Å². The van der Waals surface area contributed by atoms with Crippen LogP contribution < -0.4 is 0 Å².